The summed E-state index contributed by atoms with van der Waals surface area (Å²) >= 11 is 0. The maximum atomic E-state index is 12.4. The van der Waals surface area contributed by atoms with Gasteiger partial charge in [-0.2, -0.15) is 4.31 Å². The molecule has 4 atom stereocenters. The highest BCUT2D eigenvalue weighted by atomic mass is 32.2. The Morgan fingerprint density at radius 3 is 2.40 bits per heavy atom. The van der Waals surface area contributed by atoms with Crippen molar-refractivity contribution in [2.45, 2.75) is 43.5 Å². The van der Waals surface area contributed by atoms with E-state index in [1.807, 2.05) is 0 Å². The van der Waals surface area contributed by atoms with Crippen molar-refractivity contribution in [2.75, 3.05) is 40.5 Å². The van der Waals surface area contributed by atoms with Crippen LogP contribution in [-0.2, 0) is 19.6 Å². The highest BCUT2D eigenvalue weighted by Crippen LogP contribution is 2.40. The van der Waals surface area contributed by atoms with Crippen LogP contribution in [0.25, 0.3) is 0 Å². The van der Waals surface area contributed by atoms with Crippen molar-refractivity contribution in [1.82, 2.24) is 19.4 Å². The molecule has 1 spiro atoms. The second-order valence-electron chi connectivity index (χ2n) is 7.32. The van der Waals surface area contributed by atoms with Crippen LogP contribution in [0.1, 0.15) is 19.8 Å². The maximum Gasteiger partial charge on any atom is 0.243 e. The van der Waals surface area contributed by atoms with E-state index in [0.29, 0.717) is 19.4 Å². The third kappa shape index (κ3) is 3.53. The van der Waals surface area contributed by atoms with E-state index in [0.717, 1.165) is 6.26 Å². The summed E-state index contributed by atoms with van der Waals surface area (Å²) in [5.41, 5.74) is -0.995. The summed E-state index contributed by atoms with van der Waals surface area (Å²) in [4.78, 5) is 27.5. The Hall–Kier alpha value is -1.23. The normalized spacial score (nSPS) is 29.4. The van der Waals surface area contributed by atoms with Gasteiger partial charge in [0.1, 0.15) is 11.6 Å². The van der Waals surface area contributed by atoms with Gasteiger partial charge in [0.2, 0.25) is 21.8 Å². The van der Waals surface area contributed by atoms with Gasteiger partial charge in [-0.1, -0.05) is 0 Å². The molecule has 0 aromatic heterocycles. The number of aliphatic hydroxyl groups excluding tert-OH is 1. The summed E-state index contributed by atoms with van der Waals surface area (Å²) in [6, 6.07) is -1.19. The number of carbonyl (C=O) groups is 2. The van der Waals surface area contributed by atoms with Crippen LogP contribution in [0.15, 0.2) is 0 Å². The molecule has 2 saturated heterocycles. The van der Waals surface area contributed by atoms with Gasteiger partial charge in [0.25, 0.3) is 0 Å². The minimum Gasteiger partial charge on any atom is -0.391 e. The fourth-order valence-electron chi connectivity index (χ4n) is 3.95. The molecule has 2 heterocycles. The third-order valence-electron chi connectivity index (χ3n) is 5.09. The van der Waals surface area contributed by atoms with E-state index in [1.165, 1.54) is 16.1 Å². The minimum atomic E-state index is -3.59. The predicted octanol–water partition coefficient (Wildman–Crippen LogP) is -1.95. The average molecular weight is 376 g/mol. The first-order chi connectivity index (χ1) is 11.4. The van der Waals surface area contributed by atoms with E-state index >= 15 is 0 Å². The van der Waals surface area contributed by atoms with Crippen LogP contribution in [0.3, 0.4) is 0 Å². The Morgan fingerprint density at radius 2 is 2.04 bits per heavy atom. The van der Waals surface area contributed by atoms with E-state index in [2.05, 4.69) is 5.32 Å². The fraction of sp³-hybridized carbons (Fsp3) is 0.867. The van der Waals surface area contributed by atoms with E-state index < -0.39 is 33.7 Å². The molecule has 2 N–H and O–H groups in total. The number of hydrogen-bond donors (Lipinski definition) is 2. The Bertz CT molecular complexity index is 650. The number of likely N-dealkylation sites (N-methyl/N-ethyl adjacent to an activating group) is 2. The largest absolute Gasteiger partial charge is 0.391 e. The summed E-state index contributed by atoms with van der Waals surface area (Å²) in [6.07, 6.45) is 1.20. The number of nitrogens with zero attached hydrogens (tertiary/aromatic N) is 3. The topological polar surface area (TPSA) is 110 Å². The lowest BCUT2D eigenvalue weighted by Gasteiger charge is -2.45. The first kappa shape index (κ1) is 20.1. The van der Waals surface area contributed by atoms with Gasteiger partial charge in [0.15, 0.2) is 0 Å². The van der Waals surface area contributed by atoms with Crippen LogP contribution in [0.5, 0.6) is 0 Å². The summed E-state index contributed by atoms with van der Waals surface area (Å²) in [5, 5.41) is 12.7. The summed E-state index contributed by atoms with van der Waals surface area (Å²) in [7, 11) is 1.31. The Kier molecular flexibility index (Phi) is 5.48. The molecule has 2 unspecified atom stereocenters. The molecule has 25 heavy (non-hydrogen) atoms. The number of carbonyl (C=O) groups excluding carboxylic acids is 2. The van der Waals surface area contributed by atoms with Crippen LogP contribution >= 0.6 is 0 Å². The van der Waals surface area contributed by atoms with Crippen molar-refractivity contribution >= 4 is 21.8 Å². The Morgan fingerprint density at radius 1 is 1.44 bits per heavy atom. The van der Waals surface area contributed by atoms with Crippen LogP contribution in [-0.4, -0.2) is 104 Å². The average Bonchev–Trinajstić information content (AvgIpc) is 2.86. The standard InChI is InChI=1S/C15H28N4O5S/c1-10(20)12(13(21)17(2)3)18(4)8-11-6-7-15(9-16-14(15)22)19(11)25(5,23)24/h10-12,20H,6-9H2,1-5H3,(H,16,22)/t10-,11?,12+,15?/m1/s1. The zero-order valence-electron chi connectivity index (χ0n) is 15.4. The molecule has 0 aromatic carbocycles. The van der Waals surface area contributed by atoms with Crippen LogP contribution in [0.2, 0.25) is 0 Å². The highest BCUT2D eigenvalue weighted by Gasteiger charge is 2.60. The van der Waals surface area contributed by atoms with Gasteiger partial charge >= 0.3 is 0 Å². The van der Waals surface area contributed by atoms with Crippen molar-refractivity contribution in [1.29, 1.82) is 0 Å². The van der Waals surface area contributed by atoms with Crippen molar-refractivity contribution < 1.29 is 23.1 Å². The first-order valence-electron chi connectivity index (χ1n) is 8.29. The molecule has 2 aliphatic heterocycles. The predicted molar refractivity (Wildman–Crippen MR) is 92.2 cm³/mol. The van der Waals surface area contributed by atoms with Gasteiger partial charge in [0, 0.05) is 33.2 Å². The minimum absolute atomic E-state index is 0.252. The Balaban J connectivity index is 2.23. The molecule has 9 nitrogen and oxygen atoms in total. The second kappa shape index (κ2) is 6.82. The van der Waals surface area contributed by atoms with Gasteiger partial charge < -0.3 is 15.3 Å². The van der Waals surface area contributed by atoms with E-state index in [-0.39, 0.29) is 18.4 Å². The smallest absolute Gasteiger partial charge is 0.243 e. The molecule has 0 aliphatic carbocycles. The van der Waals surface area contributed by atoms with Gasteiger partial charge in [-0.15, -0.1) is 0 Å². The quantitative estimate of drug-likeness (QED) is 0.522. The van der Waals surface area contributed by atoms with Gasteiger partial charge in [0.05, 0.1) is 12.4 Å². The first-order valence-corrected chi connectivity index (χ1v) is 10.1. The number of amides is 2. The van der Waals surface area contributed by atoms with E-state index in [1.54, 1.807) is 26.0 Å². The van der Waals surface area contributed by atoms with Crippen molar-refractivity contribution in [3.63, 3.8) is 0 Å². The SMILES string of the molecule is C[C@@H](O)[C@@H](C(=O)N(C)C)N(C)CC1CCC2(CNC2=O)N1S(C)(=O)=O. The maximum absolute atomic E-state index is 12.4. The molecule has 0 saturated carbocycles. The third-order valence-corrected chi connectivity index (χ3v) is 6.45. The molecular weight excluding hydrogens is 348 g/mol. The molecule has 2 fully saturated rings. The molecule has 0 radical (unpaired) electrons. The zero-order chi connectivity index (χ0) is 19.2. The number of rotatable bonds is 6. The van der Waals surface area contributed by atoms with Crippen LogP contribution in [0.4, 0.5) is 0 Å². The fourth-order valence-corrected chi connectivity index (χ4v) is 5.54. The molecular formula is C15H28N4O5S. The molecule has 10 heteroatoms. The monoisotopic (exact) mass is 376 g/mol. The van der Waals surface area contributed by atoms with Gasteiger partial charge in [-0.3, -0.25) is 14.5 Å². The summed E-state index contributed by atoms with van der Waals surface area (Å²) in [5.74, 6) is -0.517. The Labute approximate surface area is 149 Å². The van der Waals surface area contributed by atoms with E-state index in [4.69, 9.17) is 0 Å². The molecule has 0 bridgehead atoms. The second-order valence-corrected chi connectivity index (χ2v) is 9.18. The highest BCUT2D eigenvalue weighted by molar-refractivity contribution is 7.88. The zero-order valence-corrected chi connectivity index (χ0v) is 16.2. The van der Waals surface area contributed by atoms with Gasteiger partial charge in [-0.05, 0) is 26.8 Å². The number of sulfonamides is 1. The number of β-lactam (4-membered cyclic amide) rings is 1. The van der Waals surface area contributed by atoms with E-state index in [9.17, 15) is 23.1 Å². The lowest BCUT2D eigenvalue weighted by Crippen LogP contribution is -2.72. The van der Waals surface area contributed by atoms with Crippen LogP contribution < -0.4 is 5.32 Å². The molecule has 2 amide bonds. The van der Waals surface area contributed by atoms with Gasteiger partial charge in [-0.25, -0.2) is 8.42 Å². The molecule has 0 aromatic rings. The molecule has 2 aliphatic rings. The van der Waals surface area contributed by atoms with Crippen molar-refractivity contribution in [3.05, 3.63) is 0 Å². The number of hydrogen-bond acceptors (Lipinski definition) is 6. The summed E-state index contributed by atoms with van der Waals surface area (Å²) in [6.45, 7) is 2.11. The number of nitrogens with one attached hydrogen (secondary N) is 1. The summed E-state index contributed by atoms with van der Waals surface area (Å²) < 4.78 is 26.0. The molecule has 144 valence electrons. The number of aliphatic hydroxyl groups is 1. The van der Waals surface area contributed by atoms with Crippen molar-refractivity contribution in [2.24, 2.45) is 0 Å². The molecule has 2 rings (SSSR count). The lowest BCUT2D eigenvalue weighted by molar-refractivity contribution is -0.140. The van der Waals surface area contributed by atoms with Crippen LogP contribution in [0, 0.1) is 0 Å². The lowest BCUT2D eigenvalue weighted by atomic mass is 9.90. The van der Waals surface area contributed by atoms with Crippen molar-refractivity contribution in [3.8, 4) is 0 Å².